The van der Waals surface area contributed by atoms with Crippen molar-refractivity contribution in [3.8, 4) is 0 Å². The van der Waals surface area contributed by atoms with Gasteiger partial charge in [0.1, 0.15) is 12.1 Å². The van der Waals surface area contributed by atoms with Gasteiger partial charge in [-0.2, -0.15) is 0 Å². The molecule has 3 heterocycles. The molecule has 0 N–H and O–H groups in total. The molecule has 6 nitrogen and oxygen atoms in total. The number of amides is 1. The van der Waals surface area contributed by atoms with Crippen LogP contribution in [0.5, 0.6) is 0 Å². The zero-order valence-electron chi connectivity index (χ0n) is 13.6. The van der Waals surface area contributed by atoms with Crippen LogP contribution in [0.1, 0.15) is 30.5 Å². The summed E-state index contributed by atoms with van der Waals surface area (Å²) in [6.45, 7) is 4.06. The highest BCUT2D eigenvalue weighted by Gasteiger charge is 2.26. The molecular formula is C16H25N5O. The van der Waals surface area contributed by atoms with Crippen molar-refractivity contribution in [3.05, 3.63) is 17.6 Å². The minimum absolute atomic E-state index is 0.234. The first-order valence-corrected chi connectivity index (χ1v) is 8.15. The molecule has 1 aromatic rings. The predicted octanol–water partition coefficient (Wildman–Crippen LogP) is 0.913. The summed E-state index contributed by atoms with van der Waals surface area (Å²) in [5, 5.41) is 0. The molecule has 1 fully saturated rings. The van der Waals surface area contributed by atoms with Crippen molar-refractivity contribution in [1.29, 1.82) is 0 Å². The zero-order chi connectivity index (χ0) is 15.5. The van der Waals surface area contributed by atoms with Gasteiger partial charge in [-0.05, 0) is 32.4 Å². The Balaban J connectivity index is 1.66. The molecule has 120 valence electrons. The molecule has 1 amide bonds. The van der Waals surface area contributed by atoms with Gasteiger partial charge in [0.15, 0.2) is 0 Å². The molecule has 1 aromatic heterocycles. The summed E-state index contributed by atoms with van der Waals surface area (Å²) in [6.07, 6.45) is 6.18. The average Bonchev–Trinajstić information content (AvgIpc) is 2.54. The van der Waals surface area contributed by atoms with Gasteiger partial charge in [0.05, 0.1) is 18.8 Å². The van der Waals surface area contributed by atoms with Crippen LogP contribution in [0.25, 0.3) is 0 Å². The van der Waals surface area contributed by atoms with E-state index < -0.39 is 0 Å². The summed E-state index contributed by atoms with van der Waals surface area (Å²) < 4.78 is 0. The van der Waals surface area contributed by atoms with Crippen molar-refractivity contribution in [2.45, 2.75) is 32.2 Å². The van der Waals surface area contributed by atoms with Crippen LogP contribution >= 0.6 is 0 Å². The number of piperidine rings is 1. The Hall–Kier alpha value is -1.69. The normalized spacial score (nSPS) is 18.9. The highest BCUT2D eigenvalue weighted by Crippen LogP contribution is 2.24. The smallest absolute Gasteiger partial charge is 0.237 e. The zero-order valence-corrected chi connectivity index (χ0v) is 13.6. The molecule has 1 saturated heterocycles. The molecule has 0 saturated carbocycles. The van der Waals surface area contributed by atoms with Gasteiger partial charge in [-0.15, -0.1) is 0 Å². The van der Waals surface area contributed by atoms with Crippen LogP contribution in [0.15, 0.2) is 6.33 Å². The van der Waals surface area contributed by atoms with Crippen LogP contribution in [0.3, 0.4) is 0 Å². The van der Waals surface area contributed by atoms with Crippen molar-refractivity contribution < 1.29 is 4.79 Å². The second kappa shape index (κ2) is 6.60. The number of fused-ring (bicyclic) bond motifs is 1. The molecule has 0 aromatic carbocycles. The van der Waals surface area contributed by atoms with Gasteiger partial charge in [-0.1, -0.05) is 6.42 Å². The van der Waals surface area contributed by atoms with Crippen LogP contribution in [0, 0.1) is 0 Å². The Morgan fingerprint density at radius 3 is 2.68 bits per heavy atom. The van der Waals surface area contributed by atoms with E-state index in [1.807, 2.05) is 23.9 Å². The van der Waals surface area contributed by atoms with Crippen molar-refractivity contribution >= 4 is 11.7 Å². The average molecular weight is 303 g/mol. The number of aromatic nitrogens is 2. The first kappa shape index (κ1) is 15.2. The number of carbonyl (C=O) groups is 1. The fourth-order valence-electron chi connectivity index (χ4n) is 3.34. The monoisotopic (exact) mass is 303 g/mol. The number of hydrogen-bond donors (Lipinski definition) is 0. The van der Waals surface area contributed by atoms with Crippen LogP contribution in [0.2, 0.25) is 0 Å². The van der Waals surface area contributed by atoms with E-state index in [1.54, 1.807) is 6.33 Å². The molecule has 6 heteroatoms. The standard InChI is InChI=1S/C16H25N5O/c1-19(2)16-13-6-9-21(10-14(13)17-12-18-16)15(22)11-20-7-4-3-5-8-20/h12H,3-11H2,1-2H3. The van der Waals surface area contributed by atoms with E-state index >= 15 is 0 Å². The van der Waals surface area contributed by atoms with E-state index in [2.05, 4.69) is 14.9 Å². The van der Waals surface area contributed by atoms with Crippen molar-refractivity contribution in [3.63, 3.8) is 0 Å². The fourth-order valence-corrected chi connectivity index (χ4v) is 3.34. The lowest BCUT2D eigenvalue weighted by Crippen LogP contribution is -2.44. The number of hydrogen-bond acceptors (Lipinski definition) is 5. The molecule has 0 atom stereocenters. The first-order chi connectivity index (χ1) is 10.6. The Bertz CT molecular complexity index is 539. The van der Waals surface area contributed by atoms with Gasteiger partial charge in [0.25, 0.3) is 0 Å². The lowest BCUT2D eigenvalue weighted by molar-refractivity contribution is -0.133. The van der Waals surface area contributed by atoms with E-state index in [0.29, 0.717) is 13.1 Å². The third-order valence-electron chi connectivity index (χ3n) is 4.57. The molecule has 22 heavy (non-hydrogen) atoms. The number of anilines is 1. The summed E-state index contributed by atoms with van der Waals surface area (Å²) in [5.74, 6) is 1.21. The number of carbonyl (C=O) groups excluding carboxylic acids is 1. The second-order valence-electron chi connectivity index (χ2n) is 6.42. The summed E-state index contributed by atoms with van der Waals surface area (Å²) in [6, 6.07) is 0. The van der Waals surface area contributed by atoms with Gasteiger partial charge in [-0.25, -0.2) is 9.97 Å². The van der Waals surface area contributed by atoms with Gasteiger partial charge >= 0.3 is 0 Å². The second-order valence-corrected chi connectivity index (χ2v) is 6.42. The molecular weight excluding hydrogens is 278 g/mol. The Morgan fingerprint density at radius 2 is 1.95 bits per heavy atom. The topological polar surface area (TPSA) is 52.6 Å². The Morgan fingerprint density at radius 1 is 1.18 bits per heavy atom. The Labute approximate surface area is 132 Å². The van der Waals surface area contributed by atoms with Crippen molar-refractivity contribution in [2.24, 2.45) is 0 Å². The third kappa shape index (κ3) is 3.21. The maximum absolute atomic E-state index is 12.5. The van der Waals surface area contributed by atoms with Crippen LogP contribution in [-0.2, 0) is 17.8 Å². The SMILES string of the molecule is CN(C)c1ncnc2c1CCN(C(=O)CN1CCCCC1)C2. The van der Waals surface area contributed by atoms with Gasteiger partial charge in [0, 0.05) is 26.2 Å². The minimum Gasteiger partial charge on any atom is -0.362 e. The number of nitrogens with zero attached hydrogens (tertiary/aromatic N) is 5. The maximum atomic E-state index is 12.5. The van der Waals surface area contributed by atoms with Gasteiger partial charge in [0.2, 0.25) is 5.91 Å². The molecule has 0 bridgehead atoms. The predicted molar refractivity (Wildman–Crippen MR) is 85.8 cm³/mol. The largest absolute Gasteiger partial charge is 0.362 e. The van der Waals surface area contributed by atoms with E-state index in [9.17, 15) is 4.79 Å². The lowest BCUT2D eigenvalue weighted by Gasteiger charge is -2.33. The van der Waals surface area contributed by atoms with Crippen LogP contribution < -0.4 is 4.90 Å². The van der Waals surface area contributed by atoms with Crippen LogP contribution in [-0.4, -0.2) is 65.9 Å². The fraction of sp³-hybridized carbons (Fsp3) is 0.688. The lowest BCUT2D eigenvalue weighted by atomic mass is 10.0. The van der Waals surface area contributed by atoms with Gasteiger partial charge < -0.3 is 9.80 Å². The van der Waals surface area contributed by atoms with Crippen LogP contribution in [0.4, 0.5) is 5.82 Å². The molecule has 2 aliphatic rings. The highest BCUT2D eigenvalue weighted by atomic mass is 16.2. The van der Waals surface area contributed by atoms with Crippen molar-refractivity contribution in [1.82, 2.24) is 19.8 Å². The molecule has 0 radical (unpaired) electrons. The van der Waals surface area contributed by atoms with Gasteiger partial charge in [-0.3, -0.25) is 9.69 Å². The van der Waals surface area contributed by atoms with Crippen molar-refractivity contribution in [2.75, 3.05) is 45.2 Å². The van der Waals surface area contributed by atoms with E-state index in [0.717, 1.165) is 37.6 Å². The maximum Gasteiger partial charge on any atom is 0.237 e. The Kier molecular flexibility index (Phi) is 4.57. The minimum atomic E-state index is 0.234. The first-order valence-electron chi connectivity index (χ1n) is 8.15. The summed E-state index contributed by atoms with van der Waals surface area (Å²) in [5.41, 5.74) is 2.19. The highest BCUT2D eigenvalue weighted by molar-refractivity contribution is 5.78. The summed E-state index contributed by atoms with van der Waals surface area (Å²) >= 11 is 0. The molecule has 3 rings (SSSR count). The van der Waals surface area contributed by atoms with E-state index in [4.69, 9.17) is 0 Å². The van der Waals surface area contributed by atoms with E-state index in [1.165, 1.54) is 24.8 Å². The molecule has 0 spiro atoms. The summed E-state index contributed by atoms with van der Waals surface area (Å²) in [7, 11) is 3.99. The molecule has 2 aliphatic heterocycles. The van der Waals surface area contributed by atoms with E-state index in [-0.39, 0.29) is 5.91 Å². The molecule has 0 unspecified atom stereocenters. The molecule has 0 aliphatic carbocycles. The third-order valence-corrected chi connectivity index (χ3v) is 4.57. The number of likely N-dealkylation sites (tertiary alicyclic amines) is 1. The number of rotatable bonds is 3. The summed E-state index contributed by atoms with van der Waals surface area (Å²) in [4.78, 5) is 27.5. The quantitative estimate of drug-likeness (QED) is 0.831.